The number of allylic oxidation sites excluding steroid dienone is 2. The number of likely N-dealkylation sites (N-methyl/N-ethyl adjacent to an activating group) is 1. The maximum absolute atomic E-state index is 10.5. The van der Waals surface area contributed by atoms with E-state index in [0.717, 1.165) is 0 Å². The minimum Gasteiger partial charge on any atom is -0.480 e. The van der Waals surface area contributed by atoms with Gasteiger partial charge in [0.15, 0.2) is 0 Å². The largest absolute Gasteiger partial charge is 0.480 e. The van der Waals surface area contributed by atoms with E-state index in [1.54, 1.807) is 25.3 Å². The Morgan fingerprint density at radius 1 is 1.50 bits per heavy atom. The van der Waals surface area contributed by atoms with Gasteiger partial charge in [0.25, 0.3) is 0 Å². The van der Waals surface area contributed by atoms with Gasteiger partial charge in [-0.2, -0.15) is 0 Å². The summed E-state index contributed by atoms with van der Waals surface area (Å²) in [4.78, 5) is 32.5. The van der Waals surface area contributed by atoms with Crippen molar-refractivity contribution in [1.82, 2.24) is 10.2 Å². The first-order chi connectivity index (χ1) is 8.35. The van der Waals surface area contributed by atoms with Gasteiger partial charge in [-0.1, -0.05) is 24.3 Å². The zero-order valence-electron chi connectivity index (χ0n) is 9.92. The number of carbonyl (C=O) groups excluding carboxylic acids is 2. The fourth-order valence-electron chi connectivity index (χ4n) is 1.34. The molecule has 0 radical (unpaired) electrons. The number of nitrogens with one attached hydrogen (secondary N) is 1. The van der Waals surface area contributed by atoms with Gasteiger partial charge in [0, 0.05) is 7.05 Å². The van der Waals surface area contributed by atoms with Crippen LogP contribution in [0.4, 0.5) is 4.79 Å². The van der Waals surface area contributed by atoms with E-state index < -0.39 is 11.5 Å². The number of nitrogens with zero attached hydrogens (tertiary/aromatic N) is 1. The van der Waals surface area contributed by atoms with E-state index in [1.807, 2.05) is 0 Å². The SMILES string of the molecule is CN1CC(=O)NC1=O.NC1(C(=O)O)C=CC=CC1. The van der Waals surface area contributed by atoms with E-state index in [0.29, 0.717) is 6.42 Å². The molecule has 2 rings (SSSR count). The molecular formula is C11H15N3O4. The van der Waals surface area contributed by atoms with Crippen LogP contribution in [0.5, 0.6) is 0 Å². The van der Waals surface area contributed by atoms with Gasteiger partial charge < -0.3 is 15.7 Å². The lowest BCUT2D eigenvalue weighted by atomic mass is 9.93. The summed E-state index contributed by atoms with van der Waals surface area (Å²) in [6.07, 6.45) is 7.05. The molecule has 18 heavy (non-hydrogen) atoms. The summed E-state index contributed by atoms with van der Waals surface area (Å²) in [5, 5.41) is 10.7. The van der Waals surface area contributed by atoms with Crippen molar-refractivity contribution >= 4 is 17.9 Å². The molecular weight excluding hydrogens is 238 g/mol. The van der Waals surface area contributed by atoms with Crippen LogP contribution in [0.1, 0.15) is 6.42 Å². The zero-order chi connectivity index (χ0) is 13.8. The number of hydrogen-bond donors (Lipinski definition) is 3. The lowest BCUT2D eigenvalue weighted by molar-refractivity contribution is -0.141. The molecule has 1 heterocycles. The van der Waals surface area contributed by atoms with Crippen molar-refractivity contribution in [3.63, 3.8) is 0 Å². The predicted molar refractivity (Wildman–Crippen MR) is 63.6 cm³/mol. The lowest BCUT2D eigenvalue weighted by Gasteiger charge is -2.20. The third-order valence-corrected chi connectivity index (χ3v) is 2.47. The molecule has 0 saturated carbocycles. The molecule has 4 N–H and O–H groups in total. The van der Waals surface area contributed by atoms with Crippen LogP contribution in [0.15, 0.2) is 24.3 Å². The minimum atomic E-state index is -1.17. The molecule has 0 bridgehead atoms. The average molecular weight is 253 g/mol. The number of aliphatic carboxylic acids is 1. The highest BCUT2D eigenvalue weighted by atomic mass is 16.4. The normalized spacial score (nSPS) is 25.6. The minimum absolute atomic E-state index is 0.193. The Kier molecular flexibility index (Phi) is 4.22. The Morgan fingerprint density at radius 2 is 2.17 bits per heavy atom. The van der Waals surface area contributed by atoms with Gasteiger partial charge in [-0.05, 0) is 6.42 Å². The van der Waals surface area contributed by atoms with Gasteiger partial charge in [0.05, 0.1) is 0 Å². The van der Waals surface area contributed by atoms with Crippen molar-refractivity contribution in [3.05, 3.63) is 24.3 Å². The number of carboxylic acids is 1. The predicted octanol–water partition coefficient (Wildman–Crippen LogP) is -0.547. The smallest absolute Gasteiger partial charge is 0.328 e. The van der Waals surface area contributed by atoms with Crippen LogP contribution >= 0.6 is 0 Å². The van der Waals surface area contributed by atoms with Crippen LogP contribution in [0.3, 0.4) is 0 Å². The molecule has 1 fully saturated rings. The molecule has 1 aliphatic heterocycles. The fraction of sp³-hybridized carbons (Fsp3) is 0.364. The van der Waals surface area contributed by atoms with Gasteiger partial charge in [-0.3, -0.25) is 10.1 Å². The number of amides is 3. The molecule has 0 aromatic carbocycles. The molecule has 2 aliphatic rings. The molecule has 1 unspecified atom stereocenters. The van der Waals surface area contributed by atoms with Crippen molar-refractivity contribution in [2.75, 3.05) is 13.6 Å². The fourth-order valence-corrected chi connectivity index (χ4v) is 1.34. The molecule has 7 nitrogen and oxygen atoms in total. The van der Waals surface area contributed by atoms with E-state index in [2.05, 4.69) is 5.32 Å². The van der Waals surface area contributed by atoms with Crippen molar-refractivity contribution < 1.29 is 19.5 Å². The number of urea groups is 1. The highest BCUT2D eigenvalue weighted by Crippen LogP contribution is 2.13. The molecule has 0 aromatic heterocycles. The molecule has 98 valence electrons. The second-order valence-corrected chi connectivity index (χ2v) is 4.05. The number of nitrogens with two attached hydrogens (primary N) is 1. The van der Waals surface area contributed by atoms with Crippen LogP contribution < -0.4 is 11.1 Å². The first-order valence-electron chi connectivity index (χ1n) is 5.27. The highest BCUT2D eigenvalue weighted by molar-refractivity contribution is 6.01. The number of carbonyl (C=O) groups is 3. The van der Waals surface area contributed by atoms with E-state index in [9.17, 15) is 14.4 Å². The van der Waals surface area contributed by atoms with E-state index in [4.69, 9.17) is 10.8 Å². The standard InChI is InChI=1S/C7H9NO2.C4H6N2O2/c8-7(6(9)10)4-2-1-3-5-7;1-6-2-3(7)5-4(6)8/h1-4H,5,8H2,(H,9,10);2H2,1H3,(H,5,7,8). The number of carboxylic acid groups (broad SMARTS) is 1. The Labute approximate surface area is 104 Å². The third-order valence-electron chi connectivity index (χ3n) is 2.47. The summed E-state index contributed by atoms with van der Waals surface area (Å²) < 4.78 is 0. The van der Waals surface area contributed by atoms with Crippen LogP contribution in [0, 0.1) is 0 Å². The Morgan fingerprint density at radius 3 is 2.39 bits per heavy atom. The van der Waals surface area contributed by atoms with Crippen molar-refractivity contribution in [1.29, 1.82) is 0 Å². The number of hydrogen-bond acceptors (Lipinski definition) is 4. The monoisotopic (exact) mass is 253 g/mol. The summed E-state index contributed by atoms with van der Waals surface area (Å²) >= 11 is 0. The maximum Gasteiger partial charge on any atom is 0.328 e. The molecule has 1 saturated heterocycles. The first kappa shape index (κ1) is 13.9. The number of rotatable bonds is 1. The van der Waals surface area contributed by atoms with Gasteiger partial charge >= 0.3 is 12.0 Å². The van der Waals surface area contributed by atoms with Gasteiger partial charge in [0.2, 0.25) is 5.91 Å². The van der Waals surface area contributed by atoms with Crippen LogP contribution in [0.25, 0.3) is 0 Å². The Hall–Kier alpha value is -2.15. The van der Waals surface area contributed by atoms with Gasteiger partial charge in [-0.15, -0.1) is 0 Å². The van der Waals surface area contributed by atoms with Crippen LogP contribution in [-0.4, -0.2) is 47.0 Å². The molecule has 7 heteroatoms. The zero-order valence-corrected chi connectivity index (χ0v) is 9.92. The summed E-state index contributed by atoms with van der Waals surface area (Å²) in [5.74, 6) is -1.20. The molecule has 0 aromatic rings. The second-order valence-electron chi connectivity index (χ2n) is 4.05. The summed E-state index contributed by atoms with van der Waals surface area (Å²) in [5.41, 5.74) is 4.29. The lowest BCUT2D eigenvalue weighted by Crippen LogP contribution is -2.46. The molecule has 1 aliphatic carbocycles. The van der Waals surface area contributed by atoms with E-state index in [-0.39, 0.29) is 18.5 Å². The third kappa shape index (κ3) is 3.42. The van der Waals surface area contributed by atoms with Gasteiger partial charge in [-0.25, -0.2) is 9.59 Å². The van der Waals surface area contributed by atoms with Crippen molar-refractivity contribution in [2.24, 2.45) is 5.73 Å². The Bertz CT molecular complexity index is 430. The number of imide groups is 1. The van der Waals surface area contributed by atoms with E-state index >= 15 is 0 Å². The average Bonchev–Trinajstić information content (AvgIpc) is 2.58. The summed E-state index contributed by atoms with van der Waals surface area (Å²) in [7, 11) is 1.57. The Balaban J connectivity index is 0.000000184. The highest BCUT2D eigenvalue weighted by Gasteiger charge is 2.30. The summed E-state index contributed by atoms with van der Waals surface area (Å²) in [6, 6.07) is -0.310. The summed E-state index contributed by atoms with van der Waals surface area (Å²) in [6.45, 7) is 0.193. The van der Waals surface area contributed by atoms with Crippen molar-refractivity contribution in [3.8, 4) is 0 Å². The quantitative estimate of drug-likeness (QED) is 0.543. The topological polar surface area (TPSA) is 113 Å². The van der Waals surface area contributed by atoms with Crippen molar-refractivity contribution in [2.45, 2.75) is 12.0 Å². The van der Waals surface area contributed by atoms with E-state index in [1.165, 1.54) is 11.0 Å². The molecule has 1 atom stereocenters. The molecule has 3 amide bonds. The van der Waals surface area contributed by atoms with Gasteiger partial charge in [0.1, 0.15) is 12.1 Å². The molecule has 0 spiro atoms. The first-order valence-corrected chi connectivity index (χ1v) is 5.27. The van der Waals surface area contributed by atoms with Crippen LogP contribution in [0.2, 0.25) is 0 Å². The second kappa shape index (κ2) is 5.46. The van der Waals surface area contributed by atoms with Crippen LogP contribution in [-0.2, 0) is 9.59 Å². The maximum atomic E-state index is 10.5.